The number of likely N-dealkylation sites (tertiary alicyclic amines) is 2. The van der Waals surface area contributed by atoms with E-state index < -0.39 is 0 Å². The predicted molar refractivity (Wildman–Crippen MR) is 124 cm³/mol. The first kappa shape index (κ1) is 22.5. The number of benzene rings is 2. The van der Waals surface area contributed by atoms with Crippen LogP contribution in [0, 0.1) is 6.92 Å². The minimum atomic E-state index is -0.297. The van der Waals surface area contributed by atoms with E-state index in [4.69, 9.17) is 4.74 Å². The Hall–Kier alpha value is -2.70. The maximum absolute atomic E-state index is 12.7. The van der Waals surface area contributed by atoms with Crippen LogP contribution in [0.3, 0.4) is 0 Å². The monoisotopic (exact) mass is 435 g/mol. The standard InChI is InChI=1S/C26H33N3O3/c1-19-8-10-21(11-9-19)25(30)27-22-16-24(26(31)32-2)29(18-22)23-12-14-28(15-13-23)17-20-6-4-3-5-7-20/h3-11,22-24H,12-18H2,1-2H3,(H,27,30)/t22-,24+/m1/s1. The van der Waals surface area contributed by atoms with Gasteiger partial charge in [-0.05, 0) is 57.0 Å². The number of nitrogens with zero attached hydrogens (tertiary/aromatic N) is 2. The van der Waals surface area contributed by atoms with E-state index in [-0.39, 0.29) is 24.0 Å². The summed E-state index contributed by atoms with van der Waals surface area (Å²) in [6.07, 6.45) is 2.62. The van der Waals surface area contributed by atoms with Gasteiger partial charge in [0.15, 0.2) is 0 Å². The van der Waals surface area contributed by atoms with Crippen molar-refractivity contribution in [2.75, 3.05) is 26.7 Å². The van der Waals surface area contributed by atoms with Crippen LogP contribution in [0.1, 0.15) is 40.7 Å². The van der Waals surface area contributed by atoms with Gasteiger partial charge in [-0.2, -0.15) is 0 Å². The second-order valence-electron chi connectivity index (χ2n) is 9.00. The van der Waals surface area contributed by atoms with Crippen molar-refractivity contribution < 1.29 is 14.3 Å². The van der Waals surface area contributed by atoms with Crippen molar-refractivity contribution in [3.05, 3.63) is 71.3 Å². The lowest BCUT2D eigenvalue weighted by Crippen LogP contribution is -2.49. The smallest absolute Gasteiger partial charge is 0.323 e. The fourth-order valence-corrected chi connectivity index (χ4v) is 4.96. The van der Waals surface area contributed by atoms with Crippen LogP contribution in [0.15, 0.2) is 54.6 Å². The molecule has 2 saturated heterocycles. The number of rotatable bonds is 6. The van der Waals surface area contributed by atoms with Crippen LogP contribution in [0.2, 0.25) is 0 Å². The molecule has 0 aliphatic carbocycles. The number of carbonyl (C=O) groups is 2. The molecule has 4 rings (SSSR count). The van der Waals surface area contributed by atoms with Crippen LogP contribution in [-0.4, -0.2) is 66.5 Å². The van der Waals surface area contributed by atoms with Gasteiger partial charge in [0, 0.05) is 30.7 Å². The lowest BCUT2D eigenvalue weighted by Gasteiger charge is -2.38. The van der Waals surface area contributed by atoms with Crippen LogP contribution >= 0.6 is 0 Å². The van der Waals surface area contributed by atoms with Gasteiger partial charge in [0.2, 0.25) is 0 Å². The molecule has 2 aliphatic heterocycles. The first-order valence-corrected chi connectivity index (χ1v) is 11.5. The summed E-state index contributed by atoms with van der Waals surface area (Å²) in [5, 5.41) is 3.14. The Morgan fingerprint density at radius 3 is 2.38 bits per heavy atom. The van der Waals surface area contributed by atoms with E-state index in [2.05, 4.69) is 39.4 Å². The van der Waals surface area contributed by atoms with Crippen LogP contribution < -0.4 is 5.32 Å². The number of amides is 1. The van der Waals surface area contributed by atoms with Crippen molar-refractivity contribution >= 4 is 11.9 Å². The van der Waals surface area contributed by atoms with Crippen molar-refractivity contribution in [3.63, 3.8) is 0 Å². The highest BCUT2D eigenvalue weighted by Crippen LogP contribution is 2.28. The fourth-order valence-electron chi connectivity index (χ4n) is 4.96. The van der Waals surface area contributed by atoms with Crippen molar-refractivity contribution in [3.8, 4) is 0 Å². The summed E-state index contributed by atoms with van der Waals surface area (Å²) in [5.74, 6) is -0.290. The summed E-state index contributed by atoms with van der Waals surface area (Å²) in [7, 11) is 1.45. The van der Waals surface area contributed by atoms with E-state index in [0.29, 0.717) is 24.6 Å². The van der Waals surface area contributed by atoms with Gasteiger partial charge in [-0.3, -0.25) is 19.4 Å². The minimum absolute atomic E-state index is 0.0600. The number of piperidine rings is 1. The summed E-state index contributed by atoms with van der Waals surface area (Å²) in [5.41, 5.74) is 3.11. The molecule has 2 heterocycles. The number of hydrogen-bond acceptors (Lipinski definition) is 5. The van der Waals surface area contributed by atoms with Crippen LogP contribution in [0.5, 0.6) is 0 Å². The summed E-state index contributed by atoms with van der Waals surface area (Å²) in [6, 6.07) is 18.1. The van der Waals surface area contributed by atoms with Gasteiger partial charge in [-0.25, -0.2) is 0 Å². The summed E-state index contributed by atoms with van der Waals surface area (Å²) < 4.78 is 5.10. The molecule has 2 aliphatic rings. The van der Waals surface area contributed by atoms with Crippen LogP contribution in [0.25, 0.3) is 0 Å². The number of esters is 1. The first-order valence-electron chi connectivity index (χ1n) is 11.5. The van der Waals surface area contributed by atoms with Crippen molar-refractivity contribution in [1.29, 1.82) is 0 Å². The van der Waals surface area contributed by atoms with E-state index in [0.717, 1.165) is 38.0 Å². The highest BCUT2D eigenvalue weighted by atomic mass is 16.5. The normalized spacial score (nSPS) is 22.6. The highest BCUT2D eigenvalue weighted by Gasteiger charge is 2.42. The summed E-state index contributed by atoms with van der Waals surface area (Å²) >= 11 is 0. The predicted octanol–water partition coefficient (Wildman–Crippen LogP) is 3.01. The largest absolute Gasteiger partial charge is 0.468 e. The number of methoxy groups -OCH3 is 1. The van der Waals surface area contributed by atoms with Gasteiger partial charge in [0.25, 0.3) is 5.91 Å². The third-order valence-corrected chi connectivity index (χ3v) is 6.74. The molecule has 6 nitrogen and oxygen atoms in total. The van der Waals surface area contributed by atoms with Gasteiger partial charge in [-0.1, -0.05) is 48.0 Å². The molecule has 6 heteroatoms. The molecule has 1 N–H and O–H groups in total. The molecule has 0 saturated carbocycles. The molecular formula is C26H33N3O3. The maximum atomic E-state index is 12.7. The Bertz CT molecular complexity index is 908. The van der Waals surface area contributed by atoms with Gasteiger partial charge < -0.3 is 10.1 Å². The second-order valence-corrected chi connectivity index (χ2v) is 9.00. The van der Waals surface area contributed by atoms with Crippen LogP contribution in [0.4, 0.5) is 0 Å². The van der Waals surface area contributed by atoms with E-state index in [9.17, 15) is 9.59 Å². The average molecular weight is 436 g/mol. The quantitative estimate of drug-likeness (QED) is 0.707. The van der Waals surface area contributed by atoms with Gasteiger partial charge in [0.05, 0.1) is 7.11 Å². The Kier molecular flexibility index (Phi) is 7.22. The third kappa shape index (κ3) is 5.37. The molecule has 32 heavy (non-hydrogen) atoms. The van der Waals surface area contributed by atoms with Gasteiger partial charge in [-0.15, -0.1) is 0 Å². The maximum Gasteiger partial charge on any atom is 0.323 e. The van der Waals surface area contributed by atoms with E-state index in [1.165, 1.54) is 12.7 Å². The molecule has 0 unspecified atom stereocenters. The van der Waals surface area contributed by atoms with Gasteiger partial charge in [0.1, 0.15) is 6.04 Å². The highest BCUT2D eigenvalue weighted by molar-refractivity contribution is 5.94. The zero-order valence-corrected chi connectivity index (χ0v) is 19.0. The molecule has 2 atom stereocenters. The number of hydrogen-bond donors (Lipinski definition) is 1. The van der Waals surface area contributed by atoms with Gasteiger partial charge >= 0.3 is 5.97 Å². The van der Waals surface area contributed by atoms with Crippen molar-refractivity contribution in [2.45, 2.75) is 50.9 Å². The van der Waals surface area contributed by atoms with E-state index >= 15 is 0 Å². The molecule has 2 aromatic rings. The molecule has 2 aromatic carbocycles. The Morgan fingerprint density at radius 1 is 1.03 bits per heavy atom. The zero-order chi connectivity index (χ0) is 22.5. The molecule has 170 valence electrons. The third-order valence-electron chi connectivity index (χ3n) is 6.74. The van der Waals surface area contributed by atoms with E-state index in [1.807, 2.05) is 37.3 Å². The van der Waals surface area contributed by atoms with Crippen molar-refractivity contribution in [2.24, 2.45) is 0 Å². The van der Waals surface area contributed by atoms with E-state index in [1.54, 1.807) is 0 Å². The fraction of sp³-hybridized carbons (Fsp3) is 0.462. The SMILES string of the molecule is COC(=O)[C@@H]1C[C@@H](NC(=O)c2ccc(C)cc2)CN1C1CCN(Cc2ccccc2)CC1. The lowest BCUT2D eigenvalue weighted by atomic mass is 10.0. The molecule has 0 bridgehead atoms. The molecule has 0 spiro atoms. The van der Waals surface area contributed by atoms with Crippen molar-refractivity contribution in [1.82, 2.24) is 15.1 Å². The Labute approximate surface area is 190 Å². The molecule has 2 fully saturated rings. The minimum Gasteiger partial charge on any atom is -0.468 e. The number of ether oxygens (including phenoxy) is 1. The summed E-state index contributed by atoms with van der Waals surface area (Å²) in [4.78, 5) is 30.0. The molecular weight excluding hydrogens is 402 g/mol. The first-order chi connectivity index (χ1) is 15.5. The average Bonchev–Trinajstić information content (AvgIpc) is 3.24. The molecule has 1 amide bonds. The number of carbonyl (C=O) groups excluding carboxylic acids is 2. The molecule has 0 radical (unpaired) electrons. The summed E-state index contributed by atoms with van der Waals surface area (Å²) in [6.45, 7) is 5.65. The second kappa shape index (κ2) is 10.3. The topological polar surface area (TPSA) is 61.9 Å². The Morgan fingerprint density at radius 2 is 1.72 bits per heavy atom. The lowest BCUT2D eigenvalue weighted by molar-refractivity contribution is -0.147. The Balaban J connectivity index is 1.36. The number of aryl methyl sites for hydroxylation is 1. The zero-order valence-electron chi connectivity index (χ0n) is 19.0. The molecule has 0 aromatic heterocycles. The number of nitrogens with one attached hydrogen (secondary N) is 1. The van der Waals surface area contributed by atoms with Crippen LogP contribution in [-0.2, 0) is 16.1 Å².